The van der Waals surface area contributed by atoms with Crippen molar-refractivity contribution in [3.05, 3.63) is 60.0 Å². The average Bonchev–Trinajstić information content (AvgIpc) is 3.24. The maximum atomic E-state index is 12.7. The molecule has 10 heteroatoms. The van der Waals surface area contributed by atoms with Crippen LogP contribution in [0.2, 0.25) is 0 Å². The standard InChI is InChI=1S/C26H28N4O6/c1-15-22(29-26(34)35-16(2)18-6-5-13-27-14-18)23(36-30-15)17-9-11-19(12-10-17)28-24(31)20-7-3-4-8-21(20)25(32)33/h5-6,9-14,16,20-21H,3-4,7-8H2,1-2H3,(H,28,31)(H,29,34)(H,32,33)/t16-,20?,21?/m1/s1. The Balaban J connectivity index is 1.42. The predicted octanol–water partition coefficient (Wildman–Crippen LogP) is 5.18. The molecule has 2 unspecified atom stereocenters. The lowest BCUT2D eigenvalue weighted by molar-refractivity contribution is -0.147. The van der Waals surface area contributed by atoms with Crippen molar-refractivity contribution < 1.29 is 28.8 Å². The lowest BCUT2D eigenvalue weighted by Gasteiger charge is -2.27. The number of carbonyl (C=O) groups excluding carboxylic acids is 2. The second-order valence-electron chi connectivity index (χ2n) is 8.83. The number of anilines is 2. The Morgan fingerprint density at radius 1 is 1.08 bits per heavy atom. The van der Waals surface area contributed by atoms with Gasteiger partial charge in [0.1, 0.15) is 17.5 Å². The number of aliphatic carboxylic acids is 1. The topological polar surface area (TPSA) is 144 Å². The molecule has 0 bridgehead atoms. The highest BCUT2D eigenvalue weighted by molar-refractivity contribution is 5.96. The number of nitrogens with zero attached hydrogens (tertiary/aromatic N) is 2. The molecule has 1 saturated carbocycles. The van der Waals surface area contributed by atoms with Gasteiger partial charge in [0.2, 0.25) is 5.91 Å². The molecule has 2 aromatic heterocycles. The summed E-state index contributed by atoms with van der Waals surface area (Å²) in [5.41, 5.74) is 2.78. The number of pyridine rings is 1. The van der Waals surface area contributed by atoms with Crippen molar-refractivity contribution in [3.63, 3.8) is 0 Å². The fourth-order valence-electron chi connectivity index (χ4n) is 4.37. The third-order valence-corrected chi connectivity index (χ3v) is 6.36. The predicted molar refractivity (Wildman–Crippen MR) is 131 cm³/mol. The van der Waals surface area contributed by atoms with Crippen LogP contribution >= 0.6 is 0 Å². The summed E-state index contributed by atoms with van der Waals surface area (Å²) < 4.78 is 10.9. The molecule has 0 radical (unpaired) electrons. The van der Waals surface area contributed by atoms with Gasteiger partial charge in [0.15, 0.2) is 5.76 Å². The van der Waals surface area contributed by atoms with Crippen LogP contribution in [-0.4, -0.2) is 33.2 Å². The first-order chi connectivity index (χ1) is 17.3. The normalized spacial score (nSPS) is 18.2. The van der Waals surface area contributed by atoms with E-state index in [1.54, 1.807) is 56.6 Å². The Hall–Kier alpha value is -4.21. The molecule has 10 nitrogen and oxygen atoms in total. The quantitative estimate of drug-likeness (QED) is 0.409. The van der Waals surface area contributed by atoms with Gasteiger partial charge in [-0.2, -0.15) is 0 Å². The SMILES string of the molecule is Cc1noc(-c2ccc(NC(=O)C3CCCCC3C(=O)O)cc2)c1NC(=O)O[C@H](C)c1cccnc1. The van der Waals surface area contributed by atoms with Crippen LogP contribution in [0.1, 0.15) is 50.0 Å². The summed E-state index contributed by atoms with van der Waals surface area (Å²) in [7, 11) is 0. The molecule has 0 saturated heterocycles. The summed E-state index contributed by atoms with van der Waals surface area (Å²) in [5.74, 6) is -2.10. The Kier molecular flexibility index (Phi) is 7.62. The van der Waals surface area contributed by atoms with E-state index in [2.05, 4.69) is 20.8 Å². The van der Waals surface area contributed by atoms with Crippen molar-refractivity contribution in [1.29, 1.82) is 0 Å². The second-order valence-corrected chi connectivity index (χ2v) is 8.83. The molecule has 36 heavy (non-hydrogen) atoms. The van der Waals surface area contributed by atoms with Crippen molar-refractivity contribution in [3.8, 4) is 11.3 Å². The van der Waals surface area contributed by atoms with Crippen LogP contribution in [0.3, 0.4) is 0 Å². The first kappa shape index (κ1) is 24.9. The van der Waals surface area contributed by atoms with E-state index >= 15 is 0 Å². The van der Waals surface area contributed by atoms with Gasteiger partial charge in [-0.1, -0.05) is 24.1 Å². The van der Waals surface area contributed by atoms with Gasteiger partial charge in [0.25, 0.3) is 0 Å². The molecule has 3 aromatic rings. The fourth-order valence-corrected chi connectivity index (χ4v) is 4.37. The van der Waals surface area contributed by atoms with Gasteiger partial charge in [-0.3, -0.25) is 19.9 Å². The smallest absolute Gasteiger partial charge is 0.412 e. The van der Waals surface area contributed by atoms with Gasteiger partial charge in [0.05, 0.1) is 11.8 Å². The fraction of sp³-hybridized carbons (Fsp3) is 0.346. The molecule has 0 aliphatic heterocycles. The maximum absolute atomic E-state index is 12.7. The van der Waals surface area contributed by atoms with Gasteiger partial charge in [0, 0.05) is 29.2 Å². The van der Waals surface area contributed by atoms with E-state index in [0.29, 0.717) is 41.2 Å². The zero-order chi connectivity index (χ0) is 25.7. The van der Waals surface area contributed by atoms with Crippen LogP contribution in [0.25, 0.3) is 11.3 Å². The summed E-state index contributed by atoms with van der Waals surface area (Å²) in [4.78, 5) is 40.8. The van der Waals surface area contributed by atoms with Gasteiger partial charge in [-0.05, 0) is 57.0 Å². The highest BCUT2D eigenvalue weighted by Gasteiger charge is 2.35. The average molecular weight is 493 g/mol. The van der Waals surface area contributed by atoms with E-state index in [0.717, 1.165) is 18.4 Å². The van der Waals surface area contributed by atoms with E-state index in [4.69, 9.17) is 9.26 Å². The number of carbonyl (C=O) groups is 3. The third kappa shape index (κ3) is 5.70. The van der Waals surface area contributed by atoms with Crippen LogP contribution in [0.4, 0.5) is 16.2 Å². The van der Waals surface area contributed by atoms with Crippen LogP contribution in [0, 0.1) is 18.8 Å². The summed E-state index contributed by atoms with van der Waals surface area (Å²) in [6.07, 6.45) is 4.83. The van der Waals surface area contributed by atoms with Crippen molar-refractivity contribution in [1.82, 2.24) is 10.1 Å². The molecule has 1 aliphatic rings. The van der Waals surface area contributed by atoms with Crippen LogP contribution in [0.15, 0.2) is 53.3 Å². The number of amides is 2. The number of nitrogens with one attached hydrogen (secondary N) is 2. The summed E-state index contributed by atoms with van der Waals surface area (Å²) in [6.45, 7) is 3.45. The number of hydrogen-bond acceptors (Lipinski definition) is 7. The Bertz CT molecular complexity index is 1220. The number of rotatable bonds is 7. The number of ether oxygens (including phenoxy) is 1. The molecule has 1 aromatic carbocycles. The number of carboxylic acid groups (broad SMARTS) is 1. The third-order valence-electron chi connectivity index (χ3n) is 6.36. The van der Waals surface area contributed by atoms with E-state index in [1.807, 2.05) is 6.07 Å². The van der Waals surface area contributed by atoms with E-state index in [1.165, 1.54) is 0 Å². The first-order valence-corrected chi connectivity index (χ1v) is 11.8. The number of benzene rings is 1. The first-order valence-electron chi connectivity index (χ1n) is 11.8. The number of aromatic nitrogens is 2. The lowest BCUT2D eigenvalue weighted by Crippen LogP contribution is -2.36. The number of aryl methyl sites for hydroxylation is 1. The van der Waals surface area contributed by atoms with Gasteiger partial charge in [-0.25, -0.2) is 4.79 Å². The minimum absolute atomic E-state index is 0.293. The Labute approximate surface area is 208 Å². The molecule has 2 heterocycles. The van der Waals surface area contributed by atoms with Gasteiger partial charge >= 0.3 is 12.1 Å². The molecule has 3 atom stereocenters. The second kappa shape index (κ2) is 11.0. The van der Waals surface area contributed by atoms with Crippen molar-refractivity contribution in [2.45, 2.75) is 45.6 Å². The Morgan fingerprint density at radius 3 is 2.47 bits per heavy atom. The van der Waals surface area contributed by atoms with Crippen LogP contribution < -0.4 is 10.6 Å². The number of carboxylic acids is 1. The molecule has 188 valence electrons. The molecule has 1 aliphatic carbocycles. The number of hydrogen-bond donors (Lipinski definition) is 3. The van der Waals surface area contributed by atoms with Crippen molar-refractivity contribution in [2.24, 2.45) is 11.8 Å². The molecule has 3 N–H and O–H groups in total. The highest BCUT2D eigenvalue weighted by atomic mass is 16.6. The van der Waals surface area contributed by atoms with Gasteiger partial charge < -0.3 is 19.7 Å². The van der Waals surface area contributed by atoms with E-state index in [-0.39, 0.29) is 5.91 Å². The van der Waals surface area contributed by atoms with Gasteiger partial charge in [-0.15, -0.1) is 0 Å². The van der Waals surface area contributed by atoms with Crippen LogP contribution in [-0.2, 0) is 14.3 Å². The molecule has 4 rings (SSSR count). The highest BCUT2D eigenvalue weighted by Crippen LogP contribution is 2.34. The summed E-state index contributed by atoms with van der Waals surface area (Å²) >= 11 is 0. The monoisotopic (exact) mass is 492 g/mol. The molecule has 0 spiro atoms. The van der Waals surface area contributed by atoms with Crippen LogP contribution in [0.5, 0.6) is 0 Å². The van der Waals surface area contributed by atoms with E-state index in [9.17, 15) is 19.5 Å². The zero-order valence-electron chi connectivity index (χ0n) is 20.1. The molecular formula is C26H28N4O6. The minimum atomic E-state index is -0.931. The van der Waals surface area contributed by atoms with E-state index < -0.39 is 30.0 Å². The minimum Gasteiger partial charge on any atom is -0.481 e. The maximum Gasteiger partial charge on any atom is 0.412 e. The van der Waals surface area contributed by atoms with Crippen molar-refractivity contribution >= 4 is 29.3 Å². The molecule has 2 amide bonds. The van der Waals surface area contributed by atoms with Crippen molar-refractivity contribution in [2.75, 3.05) is 10.6 Å². The molecular weight excluding hydrogens is 464 g/mol. The molecule has 1 fully saturated rings. The zero-order valence-corrected chi connectivity index (χ0v) is 20.1. The lowest BCUT2D eigenvalue weighted by atomic mass is 9.78. The Morgan fingerprint density at radius 2 is 1.81 bits per heavy atom. The summed E-state index contributed by atoms with van der Waals surface area (Å²) in [6, 6.07) is 10.4. The largest absolute Gasteiger partial charge is 0.481 e. The summed E-state index contributed by atoms with van der Waals surface area (Å²) in [5, 5.41) is 18.9.